The maximum Gasteiger partial charge on any atom is 0.157 e. The maximum absolute atomic E-state index is 10.0. The zero-order valence-corrected chi connectivity index (χ0v) is 18.4. The number of quaternary nitrogens is 1. The lowest BCUT2D eigenvalue weighted by molar-refractivity contribution is -0.906. The van der Waals surface area contributed by atoms with E-state index in [-0.39, 0.29) is 0 Å². The van der Waals surface area contributed by atoms with E-state index in [1.165, 1.54) is 5.56 Å². The molecule has 3 heterocycles. The Kier molecular flexibility index (Phi) is 5.76. The molecule has 6 nitrogen and oxygen atoms in total. The van der Waals surface area contributed by atoms with Crippen molar-refractivity contribution < 1.29 is 9.64 Å². The zero-order chi connectivity index (χ0) is 21.9. The predicted molar refractivity (Wildman–Crippen MR) is 126 cm³/mol. The third-order valence-electron chi connectivity index (χ3n) is 6.43. The molecule has 0 amide bonds. The Morgan fingerprint density at radius 3 is 2.62 bits per heavy atom. The van der Waals surface area contributed by atoms with Gasteiger partial charge in [0.25, 0.3) is 0 Å². The van der Waals surface area contributed by atoms with Gasteiger partial charge in [-0.1, -0.05) is 42.5 Å². The first kappa shape index (κ1) is 20.5. The second-order valence-electron chi connectivity index (χ2n) is 8.40. The largest absolute Gasteiger partial charge is 0.370 e. The van der Waals surface area contributed by atoms with Crippen LogP contribution in [0.5, 0.6) is 0 Å². The highest BCUT2D eigenvalue weighted by molar-refractivity contribution is 5.86. The summed E-state index contributed by atoms with van der Waals surface area (Å²) in [5.41, 5.74) is 6.68. The van der Waals surface area contributed by atoms with Gasteiger partial charge in [0.15, 0.2) is 5.65 Å². The van der Waals surface area contributed by atoms with Crippen LogP contribution in [0, 0.1) is 18.3 Å². The van der Waals surface area contributed by atoms with Gasteiger partial charge in [-0.15, -0.1) is 0 Å². The molecule has 0 spiro atoms. The van der Waals surface area contributed by atoms with E-state index >= 15 is 0 Å². The number of rotatable bonds is 6. The third-order valence-corrected chi connectivity index (χ3v) is 6.43. The van der Waals surface area contributed by atoms with Gasteiger partial charge < -0.3 is 15.0 Å². The fourth-order valence-electron chi connectivity index (χ4n) is 4.65. The topological polar surface area (TPSA) is 66.8 Å². The molecular formula is C26H28N5O+. The van der Waals surface area contributed by atoms with Gasteiger partial charge in [0.05, 0.1) is 42.9 Å². The van der Waals surface area contributed by atoms with Crippen molar-refractivity contribution in [2.24, 2.45) is 0 Å². The second kappa shape index (κ2) is 8.99. The Labute approximate surface area is 188 Å². The summed E-state index contributed by atoms with van der Waals surface area (Å²) < 4.78 is 7.65. The number of pyridine rings is 1. The third kappa shape index (κ3) is 3.81. The summed E-state index contributed by atoms with van der Waals surface area (Å²) in [4.78, 5) is 6.39. The number of fused-ring (bicyclic) bond motifs is 3. The normalized spacial score (nSPS) is 14.6. The number of morpholine rings is 1. The fourth-order valence-corrected chi connectivity index (χ4v) is 4.65. The number of nitrogens with one attached hydrogen (secondary N) is 2. The molecule has 1 aliphatic heterocycles. The molecule has 0 saturated carbocycles. The summed E-state index contributed by atoms with van der Waals surface area (Å²) in [6, 6.07) is 21.0. The van der Waals surface area contributed by atoms with Crippen LogP contribution < -0.4 is 10.2 Å². The van der Waals surface area contributed by atoms with Crippen LogP contribution in [-0.4, -0.2) is 48.8 Å². The van der Waals surface area contributed by atoms with Crippen LogP contribution >= 0.6 is 0 Å². The van der Waals surface area contributed by atoms with Crippen molar-refractivity contribution in [1.82, 2.24) is 9.38 Å². The van der Waals surface area contributed by atoms with Crippen LogP contribution in [-0.2, 0) is 11.2 Å². The average Bonchev–Trinajstić information content (AvgIpc) is 3.21. The first-order valence-electron chi connectivity index (χ1n) is 11.3. The van der Waals surface area contributed by atoms with Crippen molar-refractivity contribution in [2.75, 3.05) is 44.7 Å². The Morgan fingerprint density at radius 2 is 1.84 bits per heavy atom. The molecule has 1 aliphatic rings. The molecule has 32 heavy (non-hydrogen) atoms. The Hall–Kier alpha value is -3.40. The van der Waals surface area contributed by atoms with Crippen molar-refractivity contribution >= 4 is 22.5 Å². The standard InChI is InChI=1S/C26H27N5O/c1-19-21(17-20-7-3-2-4-8-20)25(28-11-12-30-13-15-32-16-14-30)31-24-10-6-5-9-23(24)29-26(31)22(19)18-27/h2-10,28H,11-17H2,1H3/p+1. The summed E-state index contributed by atoms with van der Waals surface area (Å²) in [6.07, 6.45) is 0.760. The molecule has 162 valence electrons. The first-order chi connectivity index (χ1) is 15.8. The van der Waals surface area contributed by atoms with E-state index in [0.29, 0.717) is 5.56 Å². The van der Waals surface area contributed by atoms with E-state index in [1.54, 1.807) is 4.90 Å². The Bertz CT molecular complexity index is 1280. The van der Waals surface area contributed by atoms with Gasteiger partial charge in [-0.2, -0.15) is 5.26 Å². The van der Waals surface area contributed by atoms with Crippen LogP contribution in [0.4, 0.5) is 5.82 Å². The van der Waals surface area contributed by atoms with E-state index in [1.807, 2.05) is 24.3 Å². The molecule has 1 fully saturated rings. The molecule has 2 aromatic carbocycles. The smallest absolute Gasteiger partial charge is 0.157 e. The summed E-state index contributed by atoms with van der Waals surface area (Å²) in [5, 5.41) is 13.8. The maximum atomic E-state index is 10.0. The van der Waals surface area contributed by atoms with E-state index in [9.17, 15) is 5.26 Å². The average molecular weight is 427 g/mol. The van der Waals surface area contributed by atoms with Gasteiger partial charge in [-0.3, -0.25) is 4.40 Å². The zero-order valence-electron chi connectivity index (χ0n) is 18.4. The SMILES string of the molecule is Cc1c(Cc2ccccc2)c(NCC[NH+]2CCOCC2)n2c(nc3ccccc32)c1C#N. The lowest BCUT2D eigenvalue weighted by atomic mass is 9.98. The van der Waals surface area contributed by atoms with Crippen molar-refractivity contribution in [3.8, 4) is 6.07 Å². The summed E-state index contributed by atoms with van der Waals surface area (Å²) in [7, 11) is 0. The molecule has 5 rings (SSSR count). The number of benzene rings is 2. The fraction of sp³-hybridized carbons (Fsp3) is 0.308. The van der Waals surface area contributed by atoms with Crippen molar-refractivity contribution in [3.05, 3.63) is 76.9 Å². The van der Waals surface area contributed by atoms with Gasteiger partial charge >= 0.3 is 0 Å². The molecule has 1 saturated heterocycles. The molecule has 2 aromatic heterocycles. The molecule has 6 heteroatoms. The molecule has 0 unspecified atom stereocenters. The van der Waals surface area contributed by atoms with Crippen LogP contribution in [0.3, 0.4) is 0 Å². The molecule has 0 atom stereocenters. The van der Waals surface area contributed by atoms with Crippen molar-refractivity contribution in [1.29, 1.82) is 5.26 Å². The van der Waals surface area contributed by atoms with Crippen LogP contribution in [0.1, 0.15) is 22.3 Å². The second-order valence-corrected chi connectivity index (χ2v) is 8.40. The van der Waals surface area contributed by atoms with Crippen LogP contribution in [0.25, 0.3) is 16.7 Å². The number of hydrogen-bond acceptors (Lipinski definition) is 4. The van der Waals surface area contributed by atoms with Gasteiger partial charge in [0, 0.05) is 12.0 Å². The van der Waals surface area contributed by atoms with Crippen molar-refractivity contribution in [3.63, 3.8) is 0 Å². The Morgan fingerprint density at radius 1 is 1.09 bits per heavy atom. The molecule has 2 N–H and O–H groups in total. The molecule has 0 bridgehead atoms. The van der Waals surface area contributed by atoms with E-state index in [4.69, 9.17) is 9.72 Å². The van der Waals surface area contributed by atoms with Gasteiger partial charge in [-0.05, 0) is 30.2 Å². The summed E-state index contributed by atoms with van der Waals surface area (Å²) in [5.74, 6) is 1.04. The van der Waals surface area contributed by atoms with Crippen LogP contribution in [0.2, 0.25) is 0 Å². The number of hydrogen-bond donors (Lipinski definition) is 2. The highest BCUT2D eigenvalue weighted by atomic mass is 16.5. The monoisotopic (exact) mass is 426 g/mol. The number of imidazole rings is 1. The number of ether oxygens (including phenoxy) is 1. The minimum atomic E-state index is 0.650. The minimum Gasteiger partial charge on any atom is -0.370 e. The molecule has 0 radical (unpaired) electrons. The Balaban J connectivity index is 1.63. The predicted octanol–water partition coefficient (Wildman–Crippen LogP) is 2.59. The summed E-state index contributed by atoms with van der Waals surface area (Å²) in [6.45, 7) is 7.70. The highest BCUT2D eigenvalue weighted by Crippen LogP contribution is 2.32. The van der Waals surface area contributed by atoms with Gasteiger partial charge in [0.2, 0.25) is 0 Å². The molecular weight excluding hydrogens is 398 g/mol. The number of nitriles is 1. The number of nitrogens with zero attached hydrogens (tertiary/aromatic N) is 3. The van der Waals surface area contributed by atoms with E-state index in [0.717, 1.165) is 79.4 Å². The van der Waals surface area contributed by atoms with Crippen LogP contribution in [0.15, 0.2) is 54.6 Å². The summed E-state index contributed by atoms with van der Waals surface area (Å²) >= 11 is 0. The number of aromatic nitrogens is 2. The number of anilines is 1. The van der Waals surface area contributed by atoms with Gasteiger partial charge in [0.1, 0.15) is 25.0 Å². The molecule has 0 aliphatic carbocycles. The van der Waals surface area contributed by atoms with Gasteiger partial charge in [-0.25, -0.2) is 4.98 Å². The van der Waals surface area contributed by atoms with E-state index < -0.39 is 0 Å². The number of para-hydroxylation sites is 2. The quantitative estimate of drug-likeness (QED) is 0.497. The van der Waals surface area contributed by atoms with Crippen molar-refractivity contribution in [2.45, 2.75) is 13.3 Å². The van der Waals surface area contributed by atoms with E-state index in [2.05, 4.69) is 53.0 Å². The molecule has 4 aromatic rings. The highest BCUT2D eigenvalue weighted by Gasteiger charge is 2.21. The lowest BCUT2D eigenvalue weighted by Gasteiger charge is -2.25. The minimum absolute atomic E-state index is 0.650. The first-order valence-corrected chi connectivity index (χ1v) is 11.3. The lowest BCUT2D eigenvalue weighted by Crippen LogP contribution is -3.14.